The molecule has 4 nitrogen and oxygen atoms in total. The number of ether oxygens (including phenoxy) is 1. The van der Waals surface area contributed by atoms with Crippen LogP contribution in [0.5, 0.6) is 0 Å². The number of aromatic nitrogens is 2. The van der Waals surface area contributed by atoms with Crippen LogP contribution >= 0.6 is 0 Å². The Labute approximate surface area is 115 Å². The van der Waals surface area contributed by atoms with E-state index in [2.05, 4.69) is 4.57 Å². The average Bonchev–Trinajstić information content (AvgIpc) is 2.85. The smallest absolute Gasteiger partial charge is 0.112 e. The Morgan fingerprint density at radius 2 is 2.11 bits per heavy atom. The molecule has 1 aromatic heterocycles. The first-order valence-corrected chi connectivity index (χ1v) is 7.76. The molecule has 3 rings (SSSR count). The molecule has 4 heteroatoms. The van der Waals surface area contributed by atoms with Crippen molar-refractivity contribution in [2.45, 2.75) is 57.4 Å². The average molecular weight is 263 g/mol. The zero-order valence-electron chi connectivity index (χ0n) is 11.7. The quantitative estimate of drug-likeness (QED) is 0.904. The van der Waals surface area contributed by atoms with Gasteiger partial charge in [-0.1, -0.05) is 0 Å². The summed E-state index contributed by atoms with van der Waals surface area (Å²) in [5.41, 5.74) is 8.48. The standard InChI is InChI=1S/C15H25N3O/c16-8-3-4-13-14-5-1-2-9-18(14)15(17-13)12-6-10-19-11-7-12/h12H,1-11,16H2. The van der Waals surface area contributed by atoms with Gasteiger partial charge < -0.3 is 15.0 Å². The van der Waals surface area contributed by atoms with Gasteiger partial charge in [0.25, 0.3) is 0 Å². The number of hydrogen-bond acceptors (Lipinski definition) is 3. The maximum absolute atomic E-state index is 5.65. The predicted octanol–water partition coefficient (Wildman–Crippen LogP) is 2.00. The third kappa shape index (κ3) is 2.70. The van der Waals surface area contributed by atoms with Crippen molar-refractivity contribution in [1.82, 2.24) is 9.55 Å². The van der Waals surface area contributed by atoms with Crippen molar-refractivity contribution in [2.24, 2.45) is 5.73 Å². The van der Waals surface area contributed by atoms with E-state index in [1.54, 1.807) is 0 Å². The summed E-state index contributed by atoms with van der Waals surface area (Å²) < 4.78 is 8.00. The van der Waals surface area contributed by atoms with E-state index in [1.165, 1.54) is 36.5 Å². The van der Waals surface area contributed by atoms with Crippen LogP contribution < -0.4 is 5.73 Å². The lowest BCUT2D eigenvalue weighted by molar-refractivity contribution is 0.0826. The van der Waals surface area contributed by atoms with E-state index >= 15 is 0 Å². The van der Waals surface area contributed by atoms with Gasteiger partial charge in [0, 0.05) is 31.4 Å². The van der Waals surface area contributed by atoms with Crippen molar-refractivity contribution in [3.8, 4) is 0 Å². The second kappa shape index (κ2) is 6.06. The number of hydrogen-bond donors (Lipinski definition) is 1. The fraction of sp³-hybridized carbons (Fsp3) is 0.800. The molecule has 2 N–H and O–H groups in total. The normalized spacial score (nSPS) is 20.5. The van der Waals surface area contributed by atoms with E-state index in [9.17, 15) is 0 Å². The lowest BCUT2D eigenvalue weighted by Crippen LogP contribution is -2.20. The molecular weight excluding hydrogens is 238 g/mol. The van der Waals surface area contributed by atoms with Gasteiger partial charge >= 0.3 is 0 Å². The van der Waals surface area contributed by atoms with Crippen molar-refractivity contribution in [2.75, 3.05) is 19.8 Å². The minimum Gasteiger partial charge on any atom is -0.381 e. The summed E-state index contributed by atoms with van der Waals surface area (Å²) in [4.78, 5) is 5.00. The molecule has 1 aromatic rings. The number of imidazole rings is 1. The van der Waals surface area contributed by atoms with Crippen LogP contribution in [0.25, 0.3) is 0 Å². The number of aryl methyl sites for hydroxylation is 1. The van der Waals surface area contributed by atoms with Gasteiger partial charge in [-0.2, -0.15) is 0 Å². The Morgan fingerprint density at radius 1 is 1.26 bits per heavy atom. The van der Waals surface area contributed by atoms with Gasteiger partial charge in [-0.05, 0) is 51.5 Å². The maximum Gasteiger partial charge on any atom is 0.112 e. The van der Waals surface area contributed by atoms with Crippen LogP contribution in [-0.4, -0.2) is 29.3 Å². The monoisotopic (exact) mass is 263 g/mol. The topological polar surface area (TPSA) is 53.1 Å². The SMILES string of the molecule is NCCCc1nc(C2CCOCC2)n2c1CCCC2. The first-order valence-electron chi connectivity index (χ1n) is 7.76. The summed E-state index contributed by atoms with van der Waals surface area (Å²) in [7, 11) is 0. The van der Waals surface area contributed by atoms with Crippen LogP contribution in [0, 0.1) is 0 Å². The zero-order valence-corrected chi connectivity index (χ0v) is 11.7. The van der Waals surface area contributed by atoms with Crippen LogP contribution in [0.15, 0.2) is 0 Å². The zero-order chi connectivity index (χ0) is 13.1. The number of nitrogens with two attached hydrogens (primary N) is 1. The lowest BCUT2D eigenvalue weighted by Gasteiger charge is -2.24. The number of rotatable bonds is 4. The highest BCUT2D eigenvalue weighted by Gasteiger charge is 2.26. The Bertz CT molecular complexity index is 421. The summed E-state index contributed by atoms with van der Waals surface area (Å²) in [6.45, 7) is 3.71. The first-order chi connectivity index (χ1) is 9.40. The molecule has 106 valence electrons. The highest BCUT2D eigenvalue weighted by molar-refractivity contribution is 5.22. The minimum absolute atomic E-state index is 0.609. The van der Waals surface area contributed by atoms with Crippen LogP contribution in [0.4, 0.5) is 0 Å². The van der Waals surface area contributed by atoms with Crippen LogP contribution in [0.2, 0.25) is 0 Å². The highest BCUT2D eigenvalue weighted by Crippen LogP contribution is 2.31. The molecule has 19 heavy (non-hydrogen) atoms. The van der Waals surface area contributed by atoms with Gasteiger partial charge in [-0.3, -0.25) is 0 Å². The van der Waals surface area contributed by atoms with Gasteiger partial charge in [-0.25, -0.2) is 4.98 Å². The summed E-state index contributed by atoms with van der Waals surface area (Å²) in [6, 6.07) is 0. The molecule has 0 atom stereocenters. The van der Waals surface area contributed by atoms with Gasteiger partial charge in [0.2, 0.25) is 0 Å². The van der Waals surface area contributed by atoms with Crippen molar-refractivity contribution < 1.29 is 4.74 Å². The van der Waals surface area contributed by atoms with Crippen molar-refractivity contribution in [3.63, 3.8) is 0 Å². The summed E-state index contributed by atoms with van der Waals surface area (Å²) in [6.07, 6.45) is 8.19. The molecule has 0 aliphatic carbocycles. The number of fused-ring (bicyclic) bond motifs is 1. The predicted molar refractivity (Wildman–Crippen MR) is 75.3 cm³/mol. The van der Waals surface area contributed by atoms with Gasteiger partial charge in [-0.15, -0.1) is 0 Å². The van der Waals surface area contributed by atoms with Gasteiger partial charge in [0.05, 0.1) is 5.69 Å². The maximum atomic E-state index is 5.65. The molecule has 0 saturated carbocycles. The second-order valence-corrected chi connectivity index (χ2v) is 5.75. The second-order valence-electron chi connectivity index (χ2n) is 5.75. The third-order valence-corrected chi connectivity index (χ3v) is 4.43. The van der Waals surface area contributed by atoms with Crippen molar-refractivity contribution in [3.05, 3.63) is 17.2 Å². The molecule has 0 aromatic carbocycles. The van der Waals surface area contributed by atoms with E-state index in [0.29, 0.717) is 5.92 Å². The van der Waals surface area contributed by atoms with Gasteiger partial charge in [0.15, 0.2) is 0 Å². The fourth-order valence-electron chi connectivity index (χ4n) is 3.39. The van der Waals surface area contributed by atoms with Crippen LogP contribution in [-0.2, 0) is 24.1 Å². The summed E-state index contributed by atoms with van der Waals surface area (Å²) in [5, 5.41) is 0. The molecule has 2 aliphatic rings. The Kier molecular flexibility index (Phi) is 4.18. The van der Waals surface area contributed by atoms with Crippen molar-refractivity contribution in [1.29, 1.82) is 0 Å². The molecule has 0 amide bonds. The molecule has 1 saturated heterocycles. The van der Waals surface area contributed by atoms with E-state index < -0.39 is 0 Å². The molecule has 1 fully saturated rings. The molecule has 3 heterocycles. The Morgan fingerprint density at radius 3 is 2.89 bits per heavy atom. The van der Waals surface area contributed by atoms with Gasteiger partial charge in [0.1, 0.15) is 5.82 Å². The van der Waals surface area contributed by atoms with Crippen LogP contribution in [0.1, 0.15) is 55.2 Å². The summed E-state index contributed by atoms with van der Waals surface area (Å²) in [5.74, 6) is 1.95. The third-order valence-electron chi connectivity index (χ3n) is 4.43. The largest absolute Gasteiger partial charge is 0.381 e. The first kappa shape index (κ1) is 13.1. The van der Waals surface area contributed by atoms with Crippen molar-refractivity contribution >= 4 is 0 Å². The lowest BCUT2D eigenvalue weighted by atomic mass is 9.99. The molecule has 2 aliphatic heterocycles. The molecule has 0 radical (unpaired) electrons. The van der Waals surface area contributed by atoms with E-state index in [1.807, 2.05) is 0 Å². The molecular formula is C15H25N3O. The Balaban J connectivity index is 1.87. The molecule has 0 bridgehead atoms. The minimum atomic E-state index is 0.609. The van der Waals surface area contributed by atoms with E-state index in [-0.39, 0.29) is 0 Å². The van der Waals surface area contributed by atoms with Crippen LogP contribution in [0.3, 0.4) is 0 Å². The highest BCUT2D eigenvalue weighted by atomic mass is 16.5. The Hall–Kier alpha value is -0.870. The number of nitrogens with zero attached hydrogens (tertiary/aromatic N) is 2. The summed E-state index contributed by atoms with van der Waals surface area (Å²) >= 11 is 0. The van der Waals surface area contributed by atoms with E-state index in [4.69, 9.17) is 15.5 Å². The fourth-order valence-corrected chi connectivity index (χ4v) is 3.39. The molecule has 0 unspecified atom stereocenters. The molecule has 0 spiro atoms. The van der Waals surface area contributed by atoms with E-state index in [0.717, 1.165) is 52.0 Å².